The van der Waals surface area contributed by atoms with Crippen LogP contribution in [0.4, 0.5) is 4.39 Å². The molecule has 1 saturated carbocycles. The molecule has 240 valence electrons. The normalized spacial score (nSPS) is 20.5. The fourth-order valence-corrected chi connectivity index (χ4v) is 7.77. The summed E-state index contributed by atoms with van der Waals surface area (Å²) in [5, 5.41) is 0. The Kier molecular flexibility index (Phi) is 8.93. The summed E-state index contributed by atoms with van der Waals surface area (Å²) in [4.78, 5) is 29.6. The van der Waals surface area contributed by atoms with E-state index < -0.39 is 23.5 Å². The summed E-state index contributed by atoms with van der Waals surface area (Å²) in [6, 6.07) is 1.75. The molecule has 3 aliphatic rings. The van der Waals surface area contributed by atoms with Gasteiger partial charge in [0.05, 0.1) is 25.2 Å². The molecular weight excluding hydrogens is 557 g/mol. The van der Waals surface area contributed by atoms with Gasteiger partial charge in [-0.25, -0.2) is 9.18 Å². The van der Waals surface area contributed by atoms with Crippen LogP contribution >= 0.6 is 0 Å². The predicted octanol–water partition coefficient (Wildman–Crippen LogP) is 8.02. The Hall–Kier alpha value is -2.93. The highest BCUT2D eigenvalue weighted by Gasteiger charge is 2.40. The first-order valence-corrected chi connectivity index (χ1v) is 16.4. The van der Waals surface area contributed by atoms with Gasteiger partial charge in [0.25, 0.3) is 0 Å². The van der Waals surface area contributed by atoms with Crippen LogP contribution in [0.15, 0.2) is 6.07 Å². The summed E-state index contributed by atoms with van der Waals surface area (Å²) >= 11 is 0. The van der Waals surface area contributed by atoms with Gasteiger partial charge in [0.2, 0.25) is 5.91 Å². The van der Waals surface area contributed by atoms with Crippen LogP contribution in [-0.4, -0.2) is 41.6 Å². The molecule has 0 spiro atoms. The first-order chi connectivity index (χ1) is 20.6. The fourth-order valence-electron chi connectivity index (χ4n) is 7.77. The Morgan fingerprint density at radius 2 is 1.84 bits per heavy atom. The fraction of sp³-hybridized carbons (Fsp3) is 0.622. The molecule has 0 bridgehead atoms. The summed E-state index contributed by atoms with van der Waals surface area (Å²) < 4.78 is 33.6. The summed E-state index contributed by atoms with van der Waals surface area (Å²) in [5.41, 5.74) is 7.38. The monoisotopic (exact) mass is 607 g/mol. The number of halogens is 1. The summed E-state index contributed by atoms with van der Waals surface area (Å²) in [6.45, 7) is 19.4. The summed E-state index contributed by atoms with van der Waals surface area (Å²) in [6.07, 6.45) is 5.03. The number of nitrogens with zero attached hydrogens (tertiary/aromatic N) is 1. The number of rotatable bonds is 6. The Balaban J connectivity index is 1.77. The maximum Gasteiger partial charge on any atom is 0.339 e. The Bertz CT molecular complexity index is 1470. The van der Waals surface area contributed by atoms with Gasteiger partial charge in [0, 0.05) is 23.7 Å². The first-order valence-electron chi connectivity index (χ1n) is 16.4. The number of amides is 1. The van der Waals surface area contributed by atoms with Gasteiger partial charge in [0.15, 0.2) is 17.7 Å². The van der Waals surface area contributed by atoms with Crippen molar-refractivity contribution in [1.29, 1.82) is 0 Å². The van der Waals surface area contributed by atoms with Gasteiger partial charge in [0.1, 0.15) is 0 Å². The second kappa shape index (κ2) is 12.1. The van der Waals surface area contributed by atoms with E-state index in [9.17, 15) is 9.59 Å². The van der Waals surface area contributed by atoms with E-state index in [1.807, 2.05) is 34.6 Å². The molecule has 0 aromatic heterocycles. The molecule has 2 aliphatic heterocycles. The molecule has 2 aromatic carbocycles. The van der Waals surface area contributed by atoms with Gasteiger partial charge in [-0.05, 0) is 131 Å². The second-order valence-corrected chi connectivity index (χ2v) is 14.8. The van der Waals surface area contributed by atoms with Crippen molar-refractivity contribution in [1.82, 2.24) is 4.90 Å². The van der Waals surface area contributed by atoms with Crippen molar-refractivity contribution in [3.8, 4) is 16.9 Å². The zero-order chi connectivity index (χ0) is 32.1. The van der Waals surface area contributed by atoms with Crippen molar-refractivity contribution in [2.45, 2.75) is 132 Å². The predicted molar refractivity (Wildman–Crippen MR) is 170 cm³/mol. The lowest BCUT2D eigenvalue weighted by molar-refractivity contribution is -0.166. The highest BCUT2D eigenvalue weighted by Crippen LogP contribution is 2.47. The van der Waals surface area contributed by atoms with Crippen molar-refractivity contribution < 1.29 is 28.2 Å². The second-order valence-electron chi connectivity index (χ2n) is 14.8. The van der Waals surface area contributed by atoms with Gasteiger partial charge < -0.3 is 19.1 Å². The molecule has 6 nitrogen and oxygen atoms in total. The van der Waals surface area contributed by atoms with E-state index in [1.54, 1.807) is 13.0 Å². The molecule has 5 rings (SSSR count). The molecule has 0 N–H and O–H groups in total. The van der Waals surface area contributed by atoms with E-state index in [-0.39, 0.29) is 30.4 Å². The molecule has 44 heavy (non-hydrogen) atoms. The van der Waals surface area contributed by atoms with E-state index in [0.29, 0.717) is 24.5 Å². The molecule has 1 aliphatic carbocycles. The van der Waals surface area contributed by atoms with Gasteiger partial charge in [-0.15, -0.1) is 0 Å². The molecule has 0 saturated heterocycles. The van der Waals surface area contributed by atoms with Gasteiger partial charge in [-0.3, -0.25) is 4.79 Å². The zero-order valence-electron chi connectivity index (χ0n) is 28.2. The molecule has 1 fully saturated rings. The maximum atomic E-state index is 15.8. The van der Waals surface area contributed by atoms with Crippen LogP contribution in [0, 0.1) is 32.0 Å². The number of fused-ring (bicyclic) bond motifs is 2. The number of esters is 1. The summed E-state index contributed by atoms with van der Waals surface area (Å²) in [5.74, 6) is -0.430. The van der Waals surface area contributed by atoms with Crippen LogP contribution in [0.5, 0.6) is 5.75 Å². The largest absolute Gasteiger partial charge is 0.490 e. The van der Waals surface area contributed by atoms with Crippen LogP contribution in [-0.2, 0) is 38.4 Å². The van der Waals surface area contributed by atoms with Crippen LogP contribution in [0.3, 0.4) is 0 Å². The van der Waals surface area contributed by atoms with E-state index in [4.69, 9.17) is 14.2 Å². The van der Waals surface area contributed by atoms with Gasteiger partial charge in [-0.1, -0.05) is 20.3 Å². The molecule has 2 heterocycles. The van der Waals surface area contributed by atoms with Crippen molar-refractivity contribution >= 4 is 11.9 Å². The number of ether oxygens (including phenoxy) is 3. The van der Waals surface area contributed by atoms with Crippen molar-refractivity contribution in [3.63, 3.8) is 0 Å². The van der Waals surface area contributed by atoms with E-state index in [1.165, 1.54) is 6.42 Å². The Morgan fingerprint density at radius 3 is 2.50 bits per heavy atom. The van der Waals surface area contributed by atoms with Gasteiger partial charge in [-0.2, -0.15) is 0 Å². The van der Waals surface area contributed by atoms with Crippen molar-refractivity contribution in [2.75, 3.05) is 13.2 Å². The minimum absolute atomic E-state index is 0.124. The number of carbonyl (C=O) groups is 2. The van der Waals surface area contributed by atoms with Crippen LogP contribution in [0.1, 0.15) is 119 Å². The molecule has 1 amide bonds. The lowest BCUT2D eigenvalue weighted by Crippen LogP contribution is -2.47. The minimum Gasteiger partial charge on any atom is -0.490 e. The topological polar surface area (TPSA) is 65.1 Å². The third kappa shape index (κ3) is 6.14. The van der Waals surface area contributed by atoms with Gasteiger partial charge >= 0.3 is 5.97 Å². The highest BCUT2D eigenvalue weighted by molar-refractivity contribution is 5.89. The Labute approximate surface area is 262 Å². The Morgan fingerprint density at radius 1 is 1.11 bits per heavy atom. The maximum absolute atomic E-state index is 15.8. The van der Waals surface area contributed by atoms with Crippen molar-refractivity contribution in [2.24, 2.45) is 5.41 Å². The first kappa shape index (κ1) is 32.5. The smallest absolute Gasteiger partial charge is 0.339 e. The lowest BCUT2D eigenvalue weighted by atomic mass is 9.73. The van der Waals surface area contributed by atoms with E-state index >= 15 is 4.39 Å². The van der Waals surface area contributed by atoms with E-state index in [2.05, 4.69) is 25.7 Å². The molecule has 1 unspecified atom stereocenters. The minimum atomic E-state index is -1.05. The van der Waals surface area contributed by atoms with Crippen LogP contribution in [0.2, 0.25) is 0 Å². The third-order valence-corrected chi connectivity index (χ3v) is 9.85. The molecule has 2 atom stereocenters. The standard InChI is InChI=1S/C37H50FNO5/c1-10-42-35(41)34(44-36(5,6)7)32-22(3)26-18-30(40)39(24-13-11-15-37(8,9)19-24)20-28(26)23(4)31(32)27-17-29(38)33-25(21(27)2)14-12-16-43-33/h17,24,34H,10-16,18-20H2,1-9H3/t24?,34-/m0/s1. The zero-order valence-corrected chi connectivity index (χ0v) is 28.2. The third-order valence-electron chi connectivity index (χ3n) is 9.85. The summed E-state index contributed by atoms with van der Waals surface area (Å²) in [7, 11) is 0. The van der Waals surface area contributed by atoms with E-state index in [0.717, 1.165) is 76.6 Å². The number of carbonyl (C=O) groups excluding carboxylic acids is 2. The average Bonchev–Trinajstić information content (AvgIpc) is 2.94. The van der Waals surface area contributed by atoms with Crippen LogP contribution in [0.25, 0.3) is 11.1 Å². The number of hydrogen-bond donors (Lipinski definition) is 0. The van der Waals surface area contributed by atoms with Crippen molar-refractivity contribution in [3.05, 3.63) is 50.8 Å². The molecule has 2 aromatic rings. The SMILES string of the molecule is CCOC(=O)[C@@H](OC(C)(C)C)c1c(C)c2c(c(C)c1-c1cc(F)c3c(c1C)CCCO3)CN(C1CCCC(C)(C)C1)C(=O)C2. The molecule has 0 radical (unpaired) electrons. The highest BCUT2D eigenvalue weighted by atomic mass is 19.1. The quantitative estimate of drug-likeness (QED) is 0.311. The average molecular weight is 608 g/mol. The molecular formula is C37H50FNO5. The van der Waals surface area contributed by atoms with Crippen LogP contribution < -0.4 is 4.74 Å². The number of benzene rings is 2. The lowest BCUT2D eigenvalue weighted by Gasteiger charge is -2.44. The number of hydrogen-bond acceptors (Lipinski definition) is 5. The molecule has 7 heteroatoms.